The van der Waals surface area contributed by atoms with Crippen molar-refractivity contribution in [3.63, 3.8) is 0 Å². The fraction of sp³-hybridized carbons (Fsp3) is 0.286. The smallest absolute Gasteiger partial charge is 0.123 e. The molecule has 0 spiro atoms. The van der Waals surface area contributed by atoms with E-state index >= 15 is 0 Å². The number of hydrogen-bond donors (Lipinski definition) is 1. The van der Waals surface area contributed by atoms with Crippen LogP contribution < -0.4 is 10.5 Å². The summed E-state index contributed by atoms with van der Waals surface area (Å²) in [5, 5.41) is 2.06. The molecule has 0 saturated carbocycles. The van der Waals surface area contributed by atoms with Crippen LogP contribution in [0.4, 0.5) is 0 Å². The minimum atomic E-state index is 0.144. The van der Waals surface area contributed by atoms with Gasteiger partial charge in [-0.25, -0.2) is 0 Å². The van der Waals surface area contributed by atoms with Crippen molar-refractivity contribution in [2.75, 3.05) is 0 Å². The molecule has 0 radical (unpaired) electrons. The van der Waals surface area contributed by atoms with E-state index in [1.165, 1.54) is 10.4 Å². The van der Waals surface area contributed by atoms with Gasteiger partial charge in [-0.3, -0.25) is 0 Å². The van der Waals surface area contributed by atoms with E-state index in [4.69, 9.17) is 10.5 Å². The summed E-state index contributed by atoms with van der Waals surface area (Å²) in [7, 11) is 0. The molecule has 0 bridgehead atoms. The van der Waals surface area contributed by atoms with E-state index in [9.17, 15) is 0 Å². The van der Waals surface area contributed by atoms with Crippen molar-refractivity contribution in [2.24, 2.45) is 5.73 Å². The van der Waals surface area contributed by atoms with Crippen LogP contribution in [0, 0.1) is 0 Å². The van der Waals surface area contributed by atoms with Crippen LogP contribution in [0.15, 0.2) is 40.2 Å². The van der Waals surface area contributed by atoms with Gasteiger partial charge in [-0.15, -0.1) is 11.3 Å². The highest BCUT2D eigenvalue weighted by atomic mass is 79.9. The van der Waals surface area contributed by atoms with Crippen LogP contribution in [0.2, 0.25) is 0 Å². The van der Waals surface area contributed by atoms with Crippen LogP contribution in [0.1, 0.15) is 17.4 Å². The second kappa shape index (κ2) is 6.36. The summed E-state index contributed by atoms with van der Waals surface area (Å²) in [5.74, 6) is 0.930. The molecule has 96 valence electrons. The molecule has 1 unspecified atom stereocenters. The molecule has 1 aromatic carbocycles. The van der Waals surface area contributed by atoms with Gasteiger partial charge in [-0.1, -0.05) is 18.2 Å². The Balaban J connectivity index is 2.04. The van der Waals surface area contributed by atoms with Gasteiger partial charge in [0.2, 0.25) is 0 Å². The number of para-hydroxylation sites is 1. The standard InChI is InChI=1S/C14H16BrNOS/c1-10(16)6-11-4-2-3-5-14(11)17-8-13-7-12(15)9-18-13/h2-5,7,9-10H,6,8,16H2,1H3. The Hall–Kier alpha value is -0.840. The van der Waals surface area contributed by atoms with Crippen molar-refractivity contribution >= 4 is 27.3 Å². The maximum Gasteiger partial charge on any atom is 0.123 e. The number of benzene rings is 1. The molecule has 0 aliphatic carbocycles. The van der Waals surface area contributed by atoms with Crippen molar-refractivity contribution in [3.8, 4) is 5.75 Å². The Morgan fingerprint density at radius 3 is 2.83 bits per heavy atom. The first-order valence-corrected chi connectivity index (χ1v) is 7.51. The van der Waals surface area contributed by atoms with Gasteiger partial charge in [-0.2, -0.15) is 0 Å². The molecule has 4 heteroatoms. The molecule has 0 saturated heterocycles. The lowest BCUT2D eigenvalue weighted by molar-refractivity contribution is 0.306. The summed E-state index contributed by atoms with van der Waals surface area (Å²) in [5.41, 5.74) is 7.01. The number of hydrogen-bond acceptors (Lipinski definition) is 3. The fourth-order valence-electron chi connectivity index (χ4n) is 1.74. The molecule has 0 aliphatic heterocycles. The Morgan fingerprint density at radius 1 is 1.39 bits per heavy atom. The van der Waals surface area contributed by atoms with Crippen LogP contribution in [-0.2, 0) is 13.0 Å². The van der Waals surface area contributed by atoms with Gasteiger partial charge in [0.15, 0.2) is 0 Å². The summed E-state index contributed by atoms with van der Waals surface area (Å²) < 4.78 is 6.98. The van der Waals surface area contributed by atoms with Crippen LogP contribution >= 0.6 is 27.3 Å². The minimum Gasteiger partial charge on any atom is -0.488 e. The molecule has 2 nitrogen and oxygen atoms in total. The number of halogens is 1. The predicted octanol–water partition coefficient (Wildman–Crippen LogP) is 3.98. The van der Waals surface area contributed by atoms with Gasteiger partial charge in [0, 0.05) is 20.8 Å². The third-order valence-corrected chi connectivity index (χ3v) is 4.18. The third kappa shape index (κ3) is 3.83. The van der Waals surface area contributed by atoms with Crippen LogP contribution in [0.3, 0.4) is 0 Å². The summed E-state index contributed by atoms with van der Waals surface area (Å²) in [4.78, 5) is 1.21. The van der Waals surface area contributed by atoms with Crippen molar-refractivity contribution in [1.29, 1.82) is 0 Å². The highest BCUT2D eigenvalue weighted by Crippen LogP contribution is 2.24. The van der Waals surface area contributed by atoms with E-state index in [1.54, 1.807) is 11.3 Å². The van der Waals surface area contributed by atoms with Crippen LogP contribution in [-0.4, -0.2) is 6.04 Å². The highest BCUT2D eigenvalue weighted by molar-refractivity contribution is 9.10. The highest BCUT2D eigenvalue weighted by Gasteiger charge is 2.06. The van der Waals surface area contributed by atoms with Gasteiger partial charge in [0.05, 0.1) is 0 Å². The SMILES string of the molecule is CC(N)Cc1ccccc1OCc1cc(Br)cs1. The van der Waals surface area contributed by atoms with E-state index in [2.05, 4.69) is 33.4 Å². The van der Waals surface area contributed by atoms with Crippen LogP contribution in [0.5, 0.6) is 5.75 Å². The Labute approximate surface area is 120 Å². The second-order valence-electron chi connectivity index (χ2n) is 4.31. The van der Waals surface area contributed by atoms with Gasteiger partial charge in [-0.05, 0) is 47.0 Å². The lowest BCUT2D eigenvalue weighted by Crippen LogP contribution is -2.18. The zero-order chi connectivity index (χ0) is 13.0. The molecule has 1 aromatic heterocycles. The van der Waals surface area contributed by atoms with Gasteiger partial charge >= 0.3 is 0 Å². The number of nitrogens with two attached hydrogens (primary N) is 1. The average Bonchev–Trinajstić information content (AvgIpc) is 2.73. The third-order valence-electron chi connectivity index (χ3n) is 2.51. The zero-order valence-electron chi connectivity index (χ0n) is 10.2. The van der Waals surface area contributed by atoms with E-state index in [-0.39, 0.29) is 6.04 Å². The maximum atomic E-state index is 5.87. The molecule has 1 atom stereocenters. The largest absolute Gasteiger partial charge is 0.488 e. The minimum absolute atomic E-state index is 0.144. The Bertz CT molecular complexity index is 510. The summed E-state index contributed by atoms with van der Waals surface area (Å²) in [6, 6.07) is 10.3. The maximum absolute atomic E-state index is 5.87. The Kier molecular flexibility index (Phi) is 4.80. The average molecular weight is 326 g/mol. The topological polar surface area (TPSA) is 35.2 Å². The number of ether oxygens (including phenoxy) is 1. The monoisotopic (exact) mass is 325 g/mol. The lowest BCUT2D eigenvalue weighted by Gasteiger charge is -2.12. The summed E-state index contributed by atoms with van der Waals surface area (Å²) >= 11 is 5.14. The number of rotatable bonds is 5. The predicted molar refractivity (Wildman–Crippen MR) is 80.1 cm³/mol. The summed E-state index contributed by atoms with van der Waals surface area (Å²) in [6.07, 6.45) is 0.838. The first-order valence-electron chi connectivity index (χ1n) is 5.84. The molecule has 0 amide bonds. The molecule has 0 fully saturated rings. The quantitative estimate of drug-likeness (QED) is 0.902. The fourth-order valence-corrected chi connectivity index (χ4v) is 3.10. The van der Waals surface area contributed by atoms with E-state index in [1.807, 2.05) is 25.1 Å². The molecule has 0 aliphatic rings. The zero-order valence-corrected chi connectivity index (χ0v) is 12.6. The van der Waals surface area contributed by atoms with E-state index in [0.29, 0.717) is 6.61 Å². The molecule has 18 heavy (non-hydrogen) atoms. The van der Waals surface area contributed by atoms with Crippen LogP contribution in [0.25, 0.3) is 0 Å². The first-order chi connectivity index (χ1) is 8.65. The van der Waals surface area contributed by atoms with E-state index < -0.39 is 0 Å². The van der Waals surface area contributed by atoms with Crippen molar-refractivity contribution in [3.05, 3.63) is 50.6 Å². The second-order valence-corrected chi connectivity index (χ2v) is 6.22. The first kappa shape index (κ1) is 13.6. The molecule has 2 N–H and O–H groups in total. The van der Waals surface area contributed by atoms with E-state index in [0.717, 1.165) is 16.6 Å². The van der Waals surface area contributed by atoms with Crippen molar-refractivity contribution in [2.45, 2.75) is 26.0 Å². The molecule has 2 rings (SSSR count). The molecule has 1 heterocycles. The van der Waals surface area contributed by atoms with Gasteiger partial charge in [0.1, 0.15) is 12.4 Å². The molecule has 2 aromatic rings. The van der Waals surface area contributed by atoms with Crippen molar-refractivity contribution in [1.82, 2.24) is 0 Å². The number of thiophene rings is 1. The van der Waals surface area contributed by atoms with Crippen molar-refractivity contribution < 1.29 is 4.74 Å². The summed E-state index contributed by atoms with van der Waals surface area (Å²) in [6.45, 7) is 2.61. The van der Waals surface area contributed by atoms with Gasteiger partial charge in [0.25, 0.3) is 0 Å². The normalized spacial score (nSPS) is 12.4. The van der Waals surface area contributed by atoms with Gasteiger partial charge < -0.3 is 10.5 Å². The lowest BCUT2D eigenvalue weighted by atomic mass is 10.1. The molecular formula is C14H16BrNOS. The molecular weight excluding hydrogens is 310 g/mol. The Morgan fingerprint density at radius 2 is 2.17 bits per heavy atom.